The number of nitrogens with one attached hydrogen (secondary N) is 1. The molecule has 19 heavy (non-hydrogen) atoms. The molecule has 0 unspecified atom stereocenters. The summed E-state index contributed by atoms with van der Waals surface area (Å²) in [4.78, 5) is 12.8. The summed E-state index contributed by atoms with van der Waals surface area (Å²) in [6.07, 6.45) is 0. The zero-order valence-corrected chi connectivity index (χ0v) is 12.5. The van der Waals surface area contributed by atoms with E-state index in [1.165, 1.54) is 0 Å². The number of anilines is 1. The Bertz CT molecular complexity index is 465. The molecule has 1 heterocycles. The van der Waals surface area contributed by atoms with Crippen LogP contribution >= 0.6 is 0 Å². The number of rotatable bonds is 6. The summed E-state index contributed by atoms with van der Waals surface area (Å²) in [5.41, 5.74) is 0.401. The van der Waals surface area contributed by atoms with E-state index >= 15 is 0 Å². The molecule has 108 valence electrons. The molecule has 1 rings (SSSR count). The van der Waals surface area contributed by atoms with Crippen molar-refractivity contribution in [3.8, 4) is 0 Å². The lowest BCUT2D eigenvalue weighted by Gasteiger charge is -2.32. The average molecular weight is 269 g/mol. The van der Waals surface area contributed by atoms with Crippen molar-refractivity contribution < 1.29 is 4.92 Å². The van der Waals surface area contributed by atoms with Crippen LogP contribution in [-0.4, -0.2) is 45.8 Å². The maximum atomic E-state index is 11.1. The number of hydrogen-bond acceptors (Lipinski definition) is 5. The van der Waals surface area contributed by atoms with Gasteiger partial charge in [-0.2, -0.15) is 5.10 Å². The van der Waals surface area contributed by atoms with Gasteiger partial charge >= 0.3 is 5.69 Å². The van der Waals surface area contributed by atoms with Gasteiger partial charge in [0.1, 0.15) is 5.69 Å². The second kappa shape index (κ2) is 5.56. The second-order valence-corrected chi connectivity index (χ2v) is 5.42. The van der Waals surface area contributed by atoms with Crippen LogP contribution in [-0.2, 0) is 6.54 Å². The van der Waals surface area contributed by atoms with Gasteiger partial charge in [0.15, 0.2) is 0 Å². The molecule has 0 amide bonds. The van der Waals surface area contributed by atoms with Gasteiger partial charge in [-0.3, -0.25) is 10.1 Å². The topological polar surface area (TPSA) is 76.2 Å². The van der Waals surface area contributed by atoms with Gasteiger partial charge in [-0.15, -0.1) is 0 Å². The maximum Gasteiger partial charge on any atom is 0.333 e. The van der Waals surface area contributed by atoms with Crippen molar-refractivity contribution in [2.45, 2.75) is 39.8 Å². The first-order valence-electron chi connectivity index (χ1n) is 6.33. The predicted octanol–water partition coefficient (Wildman–Crippen LogP) is 1.87. The number of aromatic nitrogens is 2. The molecule has 7 heteroatoms. The Morgan fingerprint density at radius 3 is 2.47 bits per heavy atom. The predicted molar refractivity (Wildman–Crippen MR) is 75.5 cm³/mol. The average Bonchev–Trinajstić information content (AvgIpc) is 2.62. The molecule has 0 spiro atoms. The molecule has 1 aromatic rings. The fraction of sp³-hybridized carbons (Fsp3) is 0.750. The van der Waals surface area contributed by atoms with Crippen molar-refractivity contribution >= 4 is 11.5 Å². The minimum absolute atomic E-state index is 0.0661. The Balaban J connectivity index is 3.03. The Labute approximate surface area is 113 Å². The van der Waals surface area contributed by atoms with Gasteiger partial charge < -0.3 is 10.2 Å². The standard InChI is InChI=1S/C12H23N5O2/c1-7-16-11(10(17(18)19)9(2)14-16)13-8-12(3,4)15(5)6/h13H,7-8H2,1-6H3. The highest BCUT2D eigenvalue weighted by Gasteiger charge is 2.27. The highest BCUT2D eigenvalue weighted by atomic mass is 16.6. The van der Waals surface area contributed by atoms with E-state index in [-0.39, 0.29) is 16.1 Å². The molecule has 7 nitrogen and oxygen atoms in total. The lowest BCUT2D eigenvalue weighted by Crippen LogP contribution is -2.44. The SMILES string of the molecule is CCn1nc(C)c([N+](=O)[O-])c1NCC(C)(C)N(C)C. The summed E-state index contributed by atoms with van der Waals surface area (Å²) in [5, 5.41) is 18.5. The number of aryl methyl sites for hydroxylation is 2. The fourth-order valence-electron chi connectivity index (χ4n) is 1.65. The van der Waals surface area contributed by atoms with Crippen LogP contribution in [0.3, 0.4) is 0 Å². The number of nitro groups is 1. The van der Waals surface area contributed by atoms with Crippen molar-refractivity contribution in [3.63, 3.8) is 0 Å². The molecular formula is C12H23N5O2. The van der Waals surface area contributed by atoms with E-state index in [4.69, 9.17) is 0 Å². The van der Waals surface area contributed by atoms with E-state index in [2.05, 4.69) is 29.2 Å². The molecule has 0 aliphatic carbocycles. The molecular weight excluding hydrogens is 246 g/mol. The zero-order chi connectivity index (χ0) is 14.8. The summed E-state index contributed by atoms with van der Waals surface area (Å²) in [5.74, 6) is 0.486. The fourth-order valence-corrected chi connectivity index (χ4v) is 1.65. The molecule has 0 saturated carbocycles. The van der Waals surface area contributed by atoms with Gasteiger partial charge in [-0.05, 0) is 41.8 Å². The zero-order valence-electron chi connectivity index (χ0n) is 12.5. The van der Waals surface area contributed by atoms with Crippen LogP contribution < -0.4 is 5.32 Å². The van der Waals surface area contributed by atoms with E-state index in [0.29, 0.717) is 24.6 Å². The number of hydrogen-bond donors (Lipinski definition) is 1. The highest BCUT2D eigenvalue weighted by Crippen LogP contribution is 2.28. The monoisotopic (exact) mass is 269 g/mol. The lowest BCUT2D eigenvalue weighted by atomic mass is 10.0. The van der Waals surface area contributed by atoms with E-state index in [0.717, 1.165) is 0 Å². The van der Waals surface area contributed by atoms with E-state index in [9.17, 15) is 10.1 Å². The van der Waals surface area contributed by atoms with Crippen molar-refractivity contribution in [1.29, 1.82) is 0 Å². The third-order valence-electron chi connectivity index (χ3n) is 3.48. The van der Waals surface area contributed by atoms with Crippen molar-refractivity contribution in [3.05, 3.63) is 15.8 Å². The van der Waals surface area contributed by atoms with E-state index < -0.39 is 0 Å². The minimum Gasteiger partial charge on any atom is -0.363 e. The number of likely N-dealkylation sites (N-methyl/N-ethyl adjacent to an activating group) is 1. The molecule has 0 aliphatic rings. The summed E-state index contributed by atoms with van der Waals surface area (Å²) in [6, 6.07) is 0. The van der Waals surface area contributed by atoms with Crippen LogP contribution in [0, 0.1) is 17.0 Å². The van der Waals surface area contributed by atoms with Crippen molar-refractivity contribution in [2.75, 3.05) is 26.0 Å². The van der Waals surface area contributed by atoms with E-state index in [1.54, 1.807) is 11.6 Å². The van der Waals surface area contributed by atoms with Gasteiger partial charge in [0.05, 0.1) is 4.92 Å². The number of nitrogens with zero attached hydrogens (tertiary/aromatic N) is 4. The molecule has 1 N–H and O–H groups in total. The molecule has 0 bridgehead atoms. The Kier molecular flexibility index (Phi) is 4.52. The molecule has 0 radical (unpaired) electrons. The summed E-state index contributed by atoms with van der Waals surface area (Å²) in [7, 11) is 3.97. The van der Waals surface area contributed by atoms with Gasteiger partial charge in [-0.1, -0.05) is 0 Å². The lowest BCUT2D eigenvalue weighted by molar-refractivity contribution is -0.384. The Morgan fingerprint density at radius 2 is 2.05 bits per heavy atom. The largest absolute Gasteiger partial charge is 0.363 e. The maximum absolute atomic E-state index is 11.1. The molecule has 0 saturated heterocycles. The van der Waals surface area contributed by atoms with Crippen LogP contribution in [0.2, 0.25) is 0 Å². The van der Waals surface area contributed by atoms with Crippen LogP contribution in [0.4, 0.5) is 11.5 Å². The quantitative estimate of drug-likeness (QED) is 0.630. The molecule has 0 atom stereocenters. The first kappa shape index (κ1) is 15.4. The molecule has 1 aromatic heterocycles. The van der Waals surface area contributed by atoms with Gasteiger partial charge in [-0.25, -0.2) is 4.68 Å². The van der Waals surface area contributed by atoms with Crippen LogP contribution in [0.25, 0.3) is 0 Å². The highest BCUT2D eigenvalue weighted by molar-refractivity contribution is 5.59. The summed E-state index contributed by atoms with van der Waals surface area (Å²) >= 11 is 0. The van der Waals surface area contributed by atoms with Gasteiger partial charge in [0, 0.05) is 18.6 Å². The normalized spacial score (nSPS) is 11.9. The third kappa shape index (κ3) is 3.23. The Hall–Kier alpha value is -1.63. The van der Waals surface area contributed by atoms with Crippen LogP contribution in [0.1, 0.15) is 26.5 Å². The van der Waals surface area contributed by atoms with Crippen molar-refractivity contribution in [2.24, 2.45) is 0 Å². The molecule has 0 aromatic carbocycles. The first-order valence-corrected chi connectivity index (χ1v) is 6.33. The first-order chi connectivity index (χ1) is 8.70. The van der Waals surface area contributed by atoms with Crippen molar-refractivity contribution in [1.82, 2.24) is 14.7 Å². The smallest absolute Gasteiger partial charge is 0.333 e. The Morgan fingerprint density at radius 1 is 1.47 bits per heavy atom. The van der Waals surface area contributed by atoms with Crippen LogP contribution in [0.5, 0.6) is 0 Å². The van der Waals surface area contributed by atoms with Gasteiger partial charge in [0.25, 0.3) is 0 Å². The van der Waals surface area contributed by atoms with E-state index in [1.807, 2.05) is 21.0 Å². The second-order valence-electron chi connectivity index (χ2n) is 5.42. The van der Waals surface area contributed by atoms with Gasteiger partial charge in [0.2, 0.25) is 5.82 Å². The summed E-state index contributed by atoms with van der Waals surface area (Å²) in [6.45, 7) is 8.92. The molecule has 0 fully saturated rings. The minimum atomic E-state index is -0.376. The molecule has 0 aliphatic heterocycles. The summed E-state index contributed by atoms with van der Waals surface area (Å²) < 4.78 is 1.64. The van der Waals surface area contributed by atoms with Crippen LogP contribution in [0.15, 0.2) is 0 Å². The third-order valence-corrected chi connectivity index (χ3v) is 3.48.